The van der Waals surface area contributed by atoms with Gasteiger partial charge < -0.3 is 0 Å². The Balaban J connectivity index is 1.67. The SMILES string of the molecule is C(=N\N1CCc2ccccc21)/c1c2ccccc2cc2ccccc12. The molecule has 0 fully saturated rings. The Kier molecular flexibility index (Phi) is 3.27. The lowest BCUT2D eigenvalue weighted by molar-refractivity contribution is 0.897. The van der Waals surface area contributed by atoms with Crippen LogP contribution in [0.5, 0.6) is 0 Å². The molecule has 0 N–H and O–H groups in total. The molecule has 0 atom stereocenters. The molecule has 25 heavy (non-hydrogen) atoms. The molecule has 0 saturated heterocycles. The lowest BCUT2D eigenvalue weighted by atomic mass is 9.97. The van der Waals surface area contributed by atoms with E-state index in [2.05, 4.69) is 83.9 Å². The Labute approximate surface area is 147 Å². The van der Waals surface area contributed by atoms with Gasteiger partial charge in [0.25, 0.3) is 0 Å². The molecular formula is C23H18N2. The normalized spacial score (nSPS) is 13.8. The van der Waals surface area contributed by atoms with Gasteiger partial charge in [0.1, 0.15) is 0 Å². The van der Waals surface area contributed by atoms with E-state index >= 15 is 0 Å². The summed E-state index contributed by atoms with van der Waals surface area (Å²) >= 11 is 0. The van der Waals surface area contributed by atoms with Crippen LogP contribution >= 0.6 is 0 Å². The summed E-state index contributed by atoms with van der Waals surface area (Å²) in [6, 6.07) is 27.9. The van der Waals surface area contributed by atoms with Gasteiger partial charge in [0.05, 0.1) is 11.9 Å². The van der Waals surface area contributed by atoms with E-state index in [9.17, 15) is 0 Å². The van der Waals surface area contributed by atoms with Crippen molar-refractivity contribution in [1.82, 2.24) is 0 Å². The average molecular weight is 322 g/mol. The smallest absolute Gasteiger partial charge is 0.0626 e. The zero-order valence-corrected chi connectivity index (χ0v) is 13.9. The summed E-state index contributed by atoms with van der Waals surface area (Å²) < 4.78 is 0. The van der Waals surface area contributed by atoms with E-state index in [-0.39, 0.29) is 0 Å². The number of benzene rings is 4. The van der Waals surface area contributed by atoms with Crippen LogP contribution < -0.4 is 5.01 Å². The molecule has 1 aliphatic rings. The van der Waals surface area contributed by atoms with Crippen molar-refractivity contribution in [2.45, 2.75) is 6.42 Å². The summed E-state index contributed by atoms with van der Waals surface area (Å²) in [6.45, 7) is 0.943. The van der Waals surface area contributed by atoms with Gasteiger partial charge in [-0.15, -0.1) is 0 Å². The van der Waals surface area contributed by atoms with Crippen LogP contribution in [0.2, 0.25) is 0 Å². The minimum absolute atomic E-state index is 0.943. The highest BCUT2D eigenvalue weighted by Crippen LogP contribution is 2.29. The molecule has 120 valence electrons. The largest absolute Gasteiger partial charge is 0.265 e. The lowest BCUT2D eigenvalue weighted by Gasteiger charge is -2.13. The summed E-state index contributed by atoms with van der Waals surface area (Å²) in [4.78, 5) is 0. The maximum absolute atomic E-state index is 4.84. The minimum Gasteiger partial charge on any atom is -0.265 e. The predicted molar refractivity (Wildman–Crippen MR) is 107 cm³/mol. The topological polar surface area (TPSA) is 15.6 Å². The standard InChI is InChI=1S/C23H18N2/c1-4-10-20-18(8-1)15-19-9-2-5-11-21(19)22(20)16-24-25-14-13-17-7-3-6-12-23(17)25/h1-12,15-16H,13-14H2/b24-16+. The molecule has 0 amide bonds. The van der Waals surface area contributed by atoms with E-state index < -0.39 is 0 Å². The number of hydrogen-bond acceptors (Lipinski definition) is 2. The van der Waals surface area contributed by atoms with Crippen LogP contribution in [0, 0.1) is 0 Å². The van der Waals surface area contributed by atoms with Crippen LogP contribution in [-0.4, -0.2) is 12.8 Å². The summed E-state index contributed by atoms with van der Waals surface area (Å²) in [7, 11) is 0. The molecule has 0 aliphatic carbocycles. The highest BCUT2D eigenvalue weighted by atomic mass is 15.5. The summed E-state index contributed by atoms with van der Waals surface area (Å²) in [5.74, 6) is 0. The van der Waals surface area contributed by atoms with Gasteiger partial charge in [0.15, 0.2) is 0 Å². The van der Waals surface area contributed by atoms with E-state index in [1.807, 2.05) is 6.21 Å². The summed E-state index contributed by atoms with van der Waals surface area (Å²) in [6.07, 6.45) is 3.09. The minimum atomic E-state index is 0.943. The number of anilines is 1. The Morgan fingerprint density at radius 1 is 0.760 bits per heavy atom. The number of rotatable bonds is 2. The van der Waals surface area contributed by atoms with Crippen molar-refractivity contribution in [3.05, 3.63) is 90.0 Å². The van der Waals surface area contributed by atoms with Gasteiger partial charge in [-0.2, -0.15) is 5.10 Å². The summed E-state index contributed by atoms with van der Waals surface area (Å²) in [5.41, 5.74) is 3.80. The number of nitrogens with zero attached hydrogens (tertiary/aromatic N) is 2. The molecule has 0 aromatic heterocycles. The molecule has 0 unspecified atom stereocenters. The van der Waals surface area contributed by atoms with Gasteiger partial charge in [0, 0.05) is 12.1 Å². The van der Waals surface area contributed by atoms with Crippen LogP contribution in [0.4, 0.5) is 5.69 Å². The van der Waals surface area contributed by atoms with Gasteiger partial charge in [0.2, 0.25) is 0 Å². The van der Waals surface area contributed by atoms with E-state index in [1.54, 1.807) is 0 Å². The third-order valence-corrected chi connectivity index (χ3v) is 5.00. The molecule has 4 aromatic rings. The van der Waals surface area contributed by atoms with E-state index in [0.29, 0.717) is 0 Å². The fourth-order valence-corrected chi connectivity index (χ4v) is 3.76. The molecule has 1 aliphatic heterocycles. The van der Waals surface area contributed by atoms with E-state index in [1.165, 1.54) is 38.4 Å². The molecule has 0 saturated carbocycles. The molecule has 0 spiro atoms. The zero-order valence-electron chi connectivity index (χ0n) is 13.9. The van der Waals surface area contributed by atoms with Gasteiger partial charge in [-0.25, -0.2) is 0 Å². The number of hydrogen-bond donors (Lipinski definition) is 0. The van der Waals surface area contributed by atoms with E-state index in [4.69, 9.17) is 5.10 Å². The monoisotopic (exact) mass is 322 g/mol. The Morgan fingerprint density at radius 3 is 2.16 bits per heavy atom. The first-order valence-corrected chi connectivity index (χ1v) is 8.70. The van der Waals surface area contributed by atoms with Gasteiger partial charge >= 0.3 is 0 Å². The van der Waals surface area contributed by atoms with E-state index in [0.717, 1.165) is 13.0 Å². The fourth-order valence-electron chi connectivity index (χ4n) is 3.76. The van der Waals surface area contributed by atoms with Crippen LogP contribution in [-0.2, 0) is 6.42 Å². The first kappa shape index (κ1) is 14.2. The molecule has 0 radical (unpaired) electrons. The molecule has 2 nitrogen and oxygen atoms in total. The van der Waals surface area contributed by atoms with Crippen molar-refractivity contribution in [3.8, 4) is 0 Å². The second-order valence-electron chi connectivity index (χ2n) is 6.48. The molecule has 0 bridgehead atoms. The van der Waals surface area contributed by atoms with Crippen molar-refractivity contribution >= 4 is 33.4 Å². The number of para-hydroxylation sites is 1. The van der Waals surface area contributed by atoms with Crippen LogP contribution in [0.15, 0.2) is 84.0 Å². The Bertz CT molecular complexity index is 1060. The molecule has 2 heteroatoms. The fraction of sp³-hybridized carbons (Fsp3) is 0.0870. The van der Waals surface area contributed by atoms with Gasteiger partial charge in [-0.1, -0.05) is 66.7 Å². The maximum atomic E-state index is 4.84. The molecule has 5 rings (SSSR count). The third kappa shape index (κ3) is 2.38. The van der Waals surface area contributed by atoms with Gasteiger partial charge in [-0.05, 0) is 45.7 Å². The van der Waals surface area contributed by atoms with Crippen molar-refractivity contribution in [3.63, 3.8) is 0 Å². The Morgan fingerprint density at radius 2 is 1.40 bits per heavy atom. The van der Waals surface area contributed by atoms with Crippen LogP contribution in [0.25, 0.3) is 21.5 Å². The molecule has 1 heterocycles. The predicted octanol–water partition coefficient (Wildman–Crippen LogP) is 5.39. The van der Waals surface area contributed by atoms with Gasteiger partial charge in [-0.3, -0.25) is 5.01 Å². The lowest BCUT2D eigenvalue weighted by Crippen LogP contribution is -2.12. The van der Waals surface area contributed by atoms with Crippen molar-refractivity contribution in [2.75, 3.05) is 11.6 Å². The highest BCUT2D eigenvalue weighted by Gasteiger charge is 2.17. The van der Waals surface area contributed by atoms with Crippen LogP contribution in [0.1, 0.15) is 11.1 Å². The zero-order chi connectivity index (χ0) is 16.6. The first-order chi connectivity index (χ1) is 12.4. The van der Waals surface area contributed by atoms with Crippen molar-refractivity contribution in [2.24, 2.45) is 5.10 Å². The van der Waals surface area contributed by atoms with Crippen LogP contribution in [0.3, 0.4) is 0 Å². The second kappa shape index (κ2) is 5.75. The number of fused-ring (bicyclic) bond motifs is 3. The summed E-state index contributed by atoms with van der Waals surface area (Å²) in [5, 5.41) is 12.0. The third-order valence-electron chi connectivity index (χ3n) is 5.00. The number of hydrazone groups is 1. The second-order valence-corrected chi connectivity index (χ2v) is 6.48. The Hall–Kier alpha value is -3.13. The average Bonchev–Trinajstić information content (AvgIpc) is 3.08. The quantitative estimate of drug-likeness (QED) is 0.357. The maximum Gasteiger partial charge on any atom is 0.0626 e. The van der Waals surface area contributed by atoms with Crippen molar-refractivity contribution in [1.29, 1.82) is 0 Å². The van der Waals surface area contributed by atoms with Crippen molar-refractivity contribution < 1.29 is 0 Å². The molecular weight excluding hydrogens is 304 g/mol. The first-order valence-electron chi connectivity index (χ1n) is 8.70. The highest BCUT2D eigenvalue weighted by molar-refractivity contribution is 6.13. The molecule has 4 aromatic carbocycles.